The first kappa shape index (κ1) is 21.4. The second kappa shape index (κ2) is 9.96. The van der Waals surface area contributed by atoms with Crippen LogP contribution in [0.4, 0.5) is 8.78 Å². The molecule has 2 atom stereocenters. The summed E-state index contributed by atoms with van der Waals surface area (Å²) in [7, 11) is 0. The summed E-state index contributed by atoms with van der Waals surface area (Å²) in [5, 5.41) is 10.7. The minimum Gasteiger partial charge on any atom is -0.389 e. The molecular formula is C24H30F2N2O2. The fourth-order valence-corrected chi connectivity index (χ4v) is 4.67. The van der Waals surface area contributed by atoms with E-state index in [0.29, 0.717) is 12.6 Å². The van der Waals surface area contributed by atoms with Crippen LogP contribution in [0, 0.1) is 11.6 Å². The third kappa shape index (κ3) is 5.43. The van der Waals surface area contributed by atoms with E-state index < -0.39 is 12.2 Å². The van der Waals surface area contributed by atoms with E-state index in [1.165, 1.54) is 43.7 Å². The van der Waals surface area contributed by atoms with E-state index in [2.05, 4.69) is 9.80 Å². The van der Waals surface area contributed by atoms with Crippen molar-refractivity contribution in [2.45, 2.75) is 37.5 Å². The fourth-order valence-electron chi connectivity index (χ4n) is 4.67. The average Bonchev–Trinajstić information content (AvgIpc) is 3.09. The van der Waals surface area contributed by atoms with Gasteiger partial charge in [0.15, 0.2) is 0 Å². The highest BCUT2D eigenvalue weighted by Crippen LogP contribution is 2.27. The summed E-state index contributed by atoms with van der Waals surface area (Å²) in [6, 6.07) is 12.8. The van der Waals surface area contributed by atoms with Crippen molar-refractivity contribution in [2.75, 3.05) is 39.3 Å². The van der Waals surface area contributed by atoms with Crippen LogP contribution in [0.3, 0.4) is 0 Å². The summed E-state index contributed by atoms with van der Waals surface area (Å²) in [5.74, 6) is -0.641. The molecule has 2 aromatic rings. The molecule has 2 aliphatic rings. The van der Waals surface area contributed by atoms with Crippen LogP contribution in [0.15, 0.2) is 48.5 Å². The second-order valence-electron chi connectivity index (χ2n) is 8.42. The Morgan fingerprint density at radius 2 is 1.50 bits per heavy atom. The Bertz CT molecular complexity index is 754. The van der Waals surface area contributed by atoms with Crippen molar-refractivity contribution < 1.29 is 18.6 Å². The van der Waals surface area contributed by atoms with Gasteiger partial charge in [-0.25, -0.2) is 8.78 Å². The van der Waals surface area contributed by atoms with Crippen LogP contribution in [0.25, 0.3) is 0 Å². The van der Waals surface area contributed by atoms with Crippen molar-refractivity contribution in [1.29, 1.82) is 0 Å². The van der Waals surface area contributed by atoms with E-state index in [4.69, 9.17) is 4.74 Å². The molecule has 0 bridgehead atoms. The van der Waals surface area contributed by atoms with E-state index >= 15 is 0 Å². The highest BCUT2D eigenvalue weighted by Gasteiger charge is 2.29. The SMILES string of the molecule is O[C@H](COC(c1ccc(F)cc1)c1ccc(F)cc1)CN1CCCN2CCC[C@@H]2C1. The van der Waals surface area contributed by atoms with Gasteiger partial charge in [-0.05, 0) is 74.3 Å². The van der Waals surface area contributed by atoms with Gasteiger partial charge in [0.25, 0.3) is 0 Å². The van der Waals surface area contributed by atoms with Crippen LogP contribution >= 0.6 is 0 Å². The third-order valence-electron chi connectivity index (χ3n) is 6.16. The molecule has 2 heterocycles. The maximum atomic E-state index is 13.4. The van der Waals surface area contributed by atoms with Crippen LogP contribution in [0.1, 0.15) is 36.5 Å². The van der Waals surface area contributed by atoms with Gasteiger partial charge in [-0.15, -0.1) is 0 Å². The highest BCUT2D eigenvalue weighted by atomic mass is 19.1. The molecule has 0 aliphatic carbocycles. The highest BCUT2D eigenvalue weighted by molar-refractivity contribution is 5.30. The zero-order valence-electron chi connectivity index (χ0n) is 17.2. The summed E-state index contributed by atoms with van der Waals surface area (Å²) < 4.78 is 32.8. The Hall–Kier alpha value is -1.86. The zero-order valence-corrected chi connectivity index (χ0v) is 17.2. The first-order valence-electron chi connectivity index (χ1n) is 10.9. The molecule has 0 saturated carbocycles. The summed E-state index contributed by atoms with van der Waals surface area (Å²) in [6.45, 7) is 5.06. The van der Waals surface area contributed by atoms with Crippen molar-refractivity contribution in [3.63, 3.8) is 0 Å². The molecule has 30 heavy (non-hydrogen) atoms. The number of ether oxygens (including phenoxy) is 1. The summed E-state index contributed by atoms with van der Waals surface area (Å²) >= 11 is 0. The number of hydrogen-bond acceptors (Lipinski definition) is 4. The van der Waals surface area contributed by atoms with Gasteiger partial charge in [0.1, 0.15) is 17.7 Å². The molecule has 6 heteroatoms. The summed E-state index contributed by atoms with van der Waals surface area (Å²) in [6.07, 6.45) is 2.51. The molecule has 0 aromatic heterocycles. The van der Waals surface area contributed by atoms with E-state index in [0.717, 1.165) is 37.2 Å². The lowest BCUT2D eigenvalue weighted by atomic mass is 10.0. The van der Waals surface area contributed by atoms with Crippen molar-refractivity contribution in [3.05, 3.63) is 71.3 Å². The average molecular weight is 417 g/mol. The number of hydrogen-bond donors (Lipinski definition) is 1. The molecule has 2 saturated heterocycles. The molecule has 162 valence electrons. The van der Waals surface area contributed by atoms with Gasteiger partial charge in [0.2, 0.25) is 0 Å². The van der Waals surface area contributed by atoms with E-state index in [-0.39, 0.29) is 18.2 Å². The third-order valence-corrected chi connectivity index (χ3v) is 6.16. The number of fused-ring (bicyclic) bond motifs is 1. The van der Waals surface area contributed by atoms with Gasteiger partial charge in [-0.2, -0.15) is 0 Å². The maximum absolute atomic E-state index is 13.4. The number of rotatable bonds is 7. The lowest BCUT2D eigenvalue weighted by Crippen LogP contribution is -2.41. The van der Waals surface area contributed by atoms with E-state index in [1.807, 2.05) is 0 Å². The van der Waals surface area contributed by atoms with Crippen molar-refractivity contribution >= 4 is 0 Å². The molecule has 4 nitrogen and oxygen atoms in total. The number of halogens is 2. The number of benzene rings is 2. The Morgan fingerprint density at radius 3 is 2.13 bits per heavy atom. The Balaban J connectivity index is 1.39. The molecule has 2 aliphatic heterocycles. The quantitative estimate of drug-likeness (QED) is 0.748. The van der Waals surface area contributed by atoms with E-state index in [9.17, 15) is 13.9 Å². The zero-order chi connectivity index (χ0) is 20.9. The van der Waals surface area contributed by atoms with Gasteiger partial charge in [0.05, 0.1) is 12.7 Å². The smallest absolute Gasteiger partial charge is 0.123 e. The molecule has 4 rings (SSSR count). The lowest BCUT2D eigenvalue weighted by molar-refractivity contribution is -0.00898. The van der Waals surface area contributed by atoms with Crippen molar-refractivity contribution in [3.8, 4) is 0 Å². The monoisotopic (exact) mass is 416 g/mol. The maximum Gasteiger partial charge on any atom is 0.123 e. The number of β-amino-alcohol motifs (C(OH)–C–C–N with tert-alkyl or cyclic N) is 1. The van der Waals surface area contributed by atoms with Gasteiger partial charge in [0, 0.05) is 19.1 Å². The summed E-state index contributed by atoms with van der Waals surface area (Å²) in [5.41, 5.74) is 1.54. The van der Waals surface area contributed by atoms with Crippen molar-refractivity contribution in [2.24, 2.45) is 0 Å². The van der Waals surface area contributed by atoms with Gasteiger partial charge in [-0.1, -0.05) is 24.3 Å². The van der Waals surface area contributed by atoms with Crippen molar-refractivity contribution in [1.82, 2.24) is 9.80 Å². The van der Waals surface area contributed by atoms with Crippen LogP contribution in [-0.4, -0.2) is 66.4 Å². The molecule has 2 fully saturated rings. The molecule has 1 N–H and O–H groups in total. The predicted molar refractivity (Wildman–Crippen MR) is 112 cm³/mol. The predicted octanol–water partition coefficient (Wildman–Crippen LogP) is 3.60. The Kier molecular flexibility index (Phi) is 7.10. The largest absolute Gasteiger partial charge is 0.389 e. The standard InChI is InChI=1S/C24H30F2N2O2/c25-20-8-4-18(5-9-20)24(19-6-10-21(26)11-7-19)30-17-23(29)16-27-12-2-14-28-13-1-3-22(28)15-27/h4-11,22-24,29H,1-3,12-17H2/t22-,23+/m1/s1. The molecule has 2 aromatic carbocycles. The van der Waals surface area contributed by atoms with Crippen LogP contribution < -0.4 is 0 Å². The van der Waals surface area contributed by atoms with E-state index in [1.54, 1.807) is 24.3 Å². The van der Waals surface area contributed by atoms with Crippen LogP contribution in [-0.2, 0) is 4.74 Å². The first-order chi connectivity index (χ1) is 14.6. The number of aliphatic hydroxyl groups is 1. The Morgan fingerprint density at radius 1 is 0.900 bits per heavy atom. The lowest BCUT2D eigenvalue weighted by Gasteiger charge is -2.28. The molecule has 0 unspecified atom stereocenters. The molecule has 0 amide bonds. The minimum absolute atomic E-state index is 0.157. The fraction of sp³-hybridized carbons (Fsp3) is 0.500. The van der Waals surface area contributed by atoms with Crippen LogP contribution in [0.5, 0.6) is 0 Å². The molecular weight excluding hydrogens is 386 g/mol. The second-order valence-corrected chi connectivity index (χ2v) is 8.42. The topological polar surface area (TPSA) is 35.9 Å². The summed E-state index contributed by atoms with van der Waals surface area (Å²) in [4.78, 5) is 4.91. The number of aliphatic hydroxyl groups excluding tert-OH is 1. The minimum atomic E-state index is -0.624. The Labute approximate surface area is 177 Å². The first-order valence-corrected chi connectivity index (χ1v) is 10.9. The van der Waals surface area contributed by atoms with Crippen LogP contribution in [0.2, 0.25) is 0 Å². The molecule has 0 spiro atoms. The normalized spacial score (nSPS) is 21.5. The van der Waals surface area contributed by atoms with Gasteiger partial charge >= 0.3 is 0 Å². The number of nitrogens with zero attached hydrogens (tertiary/aromatic N) is 2. The van der Waals surface area contributed by atoms with Gasteiger partial charge < -0.3 is 9.84 Å². The van der Waals surface area contributed by atoms with Gasteiger partial charge in [-0.3, -0.25) is 9.80 Å². The molecule has 0 radical (unpaired) electrons.